The monoisotopic (exact) mass is 397 g/mol. The van der Waals surface area contributed by atoms with Crippen LogP contribution in [0.5, 0.6) is 0 Å². The highest BCUT2D eigenvalue weighted by molar-refractivity contribution is 8.01. The van der Waals surface area contributed by atoms with Gasteiger partial charge in [-0.2, -0.15) is 0 Å². The summed E-state index contributed by atoms with van der Waals surface area (Å²) in [6.07, 6.45) is 1.07. The van der Waals surface area contributed by atoms with Crippen molar-refractivity contribution in [2.75, 3.05) is 18.8 Å². The van der Waals surface area contributed by atoms with E-state index in [0.29, 0.717) is 18.2 Å². The maximum Gasteiger partial charge on any atom is 0.250 e. The average Bonchev–Trinajstić information content (AvgIpc) is 3.10. The molecular weight excluding hydrogens is 378 g/mol. The molecule has 4 heterocycles. The number of hydrogen-bond acceptors (Lipinski definition) is 5. The summed E-state index contributed by atoms with van der Waals surface area (Å²) in [6, 6.07) is 13.5. The molecule has 2 aromatic heterocycles. The second-order valence-corrected chi connectivity index (χ2v) is 9.49. The van der Waals surface area contributed by atoms with Gasteiger partial charge < -0.3 is 9.47 Å². The van der Waals surface area contributed by atoms with Gasteiger partial charge >= 0.3 is 0 Å². The van der Waals surface area contributed by atoms with Crippen LogP contribution in [0.25, 0.3) is 10.2 Å². The first-order valence-electron chi connectivity index (χ1n) is 9.13. The van der Waals surface area contributed by atoms with Crippen LogP contribution in [0.15, 0.2) is 51.6 Å². The van der Waals surface area contributed by atoms with Crippen LogP contribution >= 0.6 is 23.1 Å². The molecule has 0 aliphatic carbocycles. The molecule has 0 spiro atoms. The summed E-state index contributed by atoms with van der Waals surface area (Å²) >= 11 is 3.16. The average molecular weight is 398 g/mol. The lowest BCUT2D eigenvalue weighted by Gasteiger charge is -2.42. The van der Waals surface area contributed by atoms with Crippen molar-refractivity contribution in [2.45, 2.75) is 23.2 Å². The van der Waals surface area contributed by atoms with Crippen molar-refractivity contribution in [2.24, 2.45) is 5.92 Å². The molecule has 27 heavy (non-hydrogen) atoms. The van der Waals surface area contributed by atoms with Crippen molar-refractivity contribution in [1.29, 1.82) is 0 Å². The van der Waals surface area contributed by atoms with Crippen molar-refractivity contribution in [3.05, 3.63) is 58.5 Å². The van der Waals surface area contributed by atoms with Crippen molar-refractivity contribution < 1.29 is 4.79 Å². The van der Waals surface area contributed by atoms with E-state index in [-0.39, 0.29) is 17.4 Å². The number of likely N-dealkylation sites (tertiary alicyclic amines) is 1. The zero-order chi connectivity index (χ0) is 18.4. The largest absolute Gasteiger partial charge is 0.341 e. The van der Waals surface area contributed by atoms with Gasteiger partial charge in [0.05, 0.1) is 16.0 Å². The molecule has 0 saturated carbocycles. The standard InChI is InChI=1S/C20H19N3O2S2/c24-18-7-3-5-16-14-8-13(10-23(16)18)9-22(11-14)19(25)12-26-20-21-15-4-1-2-6-17(15)27-20/h1-7,13-14H,8-12H2/t13-,14+/m1/s1. The number of fused-ring (bicyclic) bond motifs is 5. The van der Waals surface area contributed by atoms with E-state index < -0.39 is 0 Å². The van der Waals surface area contributed by atoms with Gasteiger partial charge in [0, 0.05) is 37.3 Å². The molecule has 5 nitrogen and oxygen atoms in total. The van der Waals surface area contributed by atoms with Crippen LogP contribution in [0, 0.1) is 5.92 Å². The Bertz CT molecular complexity index is 1040. The van der Waals surface area contributed by atoms with Gasteiger partial charge in [-0.1, -0.05) is 30.0 Å². The number of thiazole rings is 1. The first-order valence-corrected chi connectivity index (χ1v) is 10.9. The molecule has 1 saturated heterocycles. The van der Waals surface area contributed by atoms with Gasteiger partial charge in [0.15, 0.2) is 4.34 Å². The fraction of sp³-hybridized carbons (Fsp3) is 0.350. The minimum absolute atomic E-state index is 0.0772. The fourth-order valence-electron chi connectivity index (χ4n) is 4.23. The number of thioether (sulfide) groups is 1. The van der Waals surface area contributed by atoms with Crippen molar-refractivity contribution in [3.8, 4) is 0 Å². The lowest BCUT2D eigenvalue weighted by atomic mass is 9.83. The number of carbonyl (C=O) groups excluding carboxylic acids is 1. The Balaban J connectivity index is 1.28. The van der Waals surface area contributed by atoms with Crippen LogP contribution in [0.4, 0.5) is 0 Å². The highest BCUT2D eigenvalue weighted by Crippen LogP contribution is 2.35. The predicted octanol–water partition coefficient (Wildman–Crippen LogP) is 3.20. The molecule has 2 aliphatic rings. The number of amides is 1. The van der Waals surface area contributed by atoms with E-state index in [2.05, 4.69) is 11.1 Å². The zero-order valence-corrected chi connectivity index (χ0v) is 16.3. The number of rotatable bonds is 3. The van der Waals surface area contributed by atoms with E-state index in [0.717, 1.165) is 39.8 Å². The maximum atomic E-state index is 12.8. The normalized spacial score (nSPS) is 21.3. The van der Waals surface area contributed by atoms with E-state index in [1.54, 1.807) is 17.4 Å². The number of hydrogen-bond donors (Lipinski definition) is 0. The smallest absolute Gasteiger partial charge is 0.250 e. The molecular formula is C20H19N3O2S2. The topological polar surface area (TPSA) is 55.2 Å². The molecule has 1 aromatic carbocycles. The number of nitrogens with zero attached hydrogens (tertiary/aromatic N) is 3. The lowest BCUT2D eigenvalue weighted by molar-refractivity contribution is -0.131. The number of carbonyl (C=O) groups is 1. The van der Waals surface area contributed by atoms with Crippen molar-refractivity contribution in [1.82, 2.24) is 14.5 Å². The Kier molecular flexibility index (Phi) is 4.28. The van der Waals surface area contributed by atoms with Crippen molar-refractivity contribution >= 4 is 39.2 Å². The second kappa shape index (κ2) is 6.80. The minimum atomic E-state index is 0.0772. The van der Waals surface area contributed by atoms with Crippen LogP contribution < -0.4 is 5.56 Å². The second-order valence-electron chi connectivity index (χ2n) is 7.23. The molecule has 0 N–H and O–H groups in total. The van der Waals surface area contributed by atoms with Gasteiger partial charge in [0.2, 0.25) is 5.91 Å². The summed E-state index contributed by atoms with van der Waals surface area (Å²) in [5.41, 5.74) is 2.15. The van der Waals surface area contributed by atoms with Gasteiger partial charge in [0.1, 0.15) is 0 Å². The van der Waals surface area contributed by atoms with Crippen molar-refractivity contribution in [3.63, 3.8) is 0 Å². The molecule has 1 amide bonds. The summed E-state index contributed by atoms with van der Waals surface area (Å²) < 4.78 is 4.00. The predicted molar refractivity (Wildman–Crippen MR) is 108 cm³/mol. The summed E-state index contributed by atoms with van der Waals surface area (Å²) in [6.45, 7) is 2.18. The lowest BCUT2D eigenvalue weighted by Crippen LogP contribution is -2.49. The van der Waals surface area contributed by atoms with Crippen LogP contribution in [-0.4, -0.2) is 39.2 Å². The molecule has 0 unspecified atom stereocenters. The van der Waals surface area contributed by atoms with E-state index in [1.165, 1.54) is 11.8 Å². The summed E-state index contributed by atoms with van der Waals surface area (Å²) in [5.74, 6) is 1.22. The molecule has 7 heteroatoms. The van der Waals surface area contributed by atoms with Gasteiger partial charge in [-0.3, -0.25) is 9.59 Å². The molecule has 2 aliphatic heterocycles. The molecule has 138 valence electrons. The third-order valence-corrected chi connectivity index (χ3v) is 7.59. The number of piperidine rings is 1. The third kappa shape index (κ3) is 3.19. The summed E-state index contributed by atoms with van der Waals surface area (Å²) in [7, 11) is 0. The number of para-hydroxylation sites is 1. The van der Waals surface area contributed by atoms with E-state index >= 15 is 0 Å². The Hall–Kier alpha value is -2.12. The van der Waals surface area contributed by atoms with Gasteiger partial charge in [-0.25, -0.2) is 4.98 Å². The summed E-state index contributed by atoms with van der Waals surface area (Å²) in [5, 5.41) is 0. The Morgan fingerprint density at radius 3 is 2.93 bits per heavy atom. The fourth-order valence-corrected chi connectivity index (χ4v) is 6.20. The van der Waals surface area contributed by atoms with Crippen LogP contribution in [-0.2, 0) is 11.3 Å². The number of benzene rings is 1. The van der Waals surface area contributed by atoms with Crippen LogP contribution in [0.2, 0.25) is 0 Å². The molecule has 3 aromatic rings. The molecule has 0 radical (unpaired) electrons. The molecule has 2 bridgehead atoms. The third-order valence-electron chi connectivity index (χ3n) is 5.43. The van der Waals surface area contributed by atoms with E-state index in [9.17, 15) is 9.59 Å². The highest BCUT2D eigenvalue weighted by Gasteiger charge is 2.36. The zero-order valence-electron chi connectivity index (χ0n) is 14.7. The molecule has 1 fully saturated rings. The number of aromatic nitrogens is 2. The van der Waals surface area contributed by atoms with Gasteiger partial charge in [0.25, 0.3) is 5.56 Å². The van der Waals surface area contributed by atoms with Crippen LogP contribution in [0.3, 0.4) is 0 Å². The Morgan fingerprint density at radius 2 is 2.04 bits per heavy atom. The van der Waals surface area contributed by atoms with Gasteiger partial charge in [-0.15, -0.1) is 11.3 Å². The Labute approximate surface area is 165 Å². The first-order chi connectivity index (χ1) is 13.2. The van der Waals surface area contributed by atoms with Gasteiger partial charge in [-0.05, 0) is 30.5 Å². The minimum Gasteiger partial charge on any atom is -0.341 e. The SMILES string of the molecule is O=C(CSc1nc2ccccc2s1)N1C[C@H]2C[C@@H](C1)c1cccc(=O)n1C2. The van der Waals surface area contributed by atoms with E-state index in [4.69, 9.17) is 0 Å². The summed E-state index contributed by atoms with van der Waals surface area (Å²) in [4.78, 5) is 31.5. The highest BCUT2D eigenvalue weighted by atomic mass is 32.2. The van der Waals surface area contributed by atoms with Crippen LogP contribution in [0.1, 0.15) is 18.0 Å². The quantitative estimate of drug-likeness (QED) is 0.637. The first kappa shape index (κ1) is 17.0. The molecule has 5 rings (SSSR count). The molecule has 2 atom stereocenters. The number of pyridine rings is 1. The maximum absolute atomic E-state index is 12.8. The Morgan fingerprint density at radius 1 is 1.15 bits per heavy atom. The van der Waals surface area contributed by atoms with E-state index in [1.807, 2.05) is 39.8 Å².